The third-order valence-corrected chi connectivity index (χ3v) is 5.91. The Hall–Kier alpha value is -2.38. The second-order valence-electron chi connectivity index (χ2n) is 5.41. The SMILES string of the molecule is CC(c1cccc(O)c1)N(C)S(=O)(=O)c1ccc2cn[nH]c2c1. The third kappa shape index (κ3) is 2.80. The number of H-pyrrole nitrogens is 1. The molecule has 0 radical (unpaired) electrons. The van der Waals surface area contributed by atoms with Crippen molar-refractivity contribution in [2.75, 3.05) is 7.05 Å². The van der Waals surface area contributed by atoms with E-state index >= 15 is 0 Å². The van der Waals surface area contributed by atoms with E-state index in [-0.39, 0.29) is 10.6 Å². The number of rotatable bonds is 4. The Balaban J connectivity index is 1.97. The highest BCUT2D eigenvalue weighted by Crippen LogP contribution is 2.28. The molecule has 0 aliphatic rings. The van der Waals surface area contributed by atoms with Crippen LogP contribution in [0.1, 0.15) is 18.5 Å². The van der Waals surface area contributed by atoms with Gasteiger partial charge in [0.15, 0.2) is 0 Å². The molecule has 2 N–H and O–H groups in total. The minimum atomic E-state index is -3.66. The Morgan fingerprint density at radius 2 is 2.00 bits per heavy atom. The van der Waals surface area contributed by atoms with Crippen LogP contribution in [-0.4, -0.2) is 35.1 Å². The zero-order valence-electron chi connectivity index (χ0n) is 12.8. The Bertz CT molecular complexity index is 950. The molecular formula is C16H17N3O3S. The lowest BCUT2D eigenvalue weighted by atomic mass is 10.1. The van der Waals surface area contributed by atoms with E-state index in [1.807, 2.05) is 0 Å². The number of aromatic amines is 1. The van der Waals surface area contributed by atoms with E-state index in [2.05, 4.69) is 10.2 Å². The van der Waals surface area contributed by atoms with Crippen LogP contribution in [0.25, 0.3) is 10.9 Å². The molecule has 0 saturated heterocycles. The van der Waals surface area contributed by atoms with E-state index in [0.29, 0.717) is 5.52 Å². The number of aromatic hydroxyl groups is 1. The van der Waals surface area contributed by atoms with Gasteiger partial charge in [0.1, 0.15) is 5.75 Å². The fraction of sp³-hybridized carbons (Fsp3) is 0.188. The third-order valence-electron chi connectivity index (χ3n) is 3.99. The number of hydrogen-bond donors (Lipinski definition) is 2. The molecule has 6 nitrogen and oxygen atoms in total. The summed E-state index contributed by atoms with van der Waals surface area (Å²) >= 11 is 0. The lowest BCUT2D eigenvalue weighted by molar-refractivity contribution is 0.396. The Morgan fingerprint density at radius 1 is 1.22 bits per heavy atom. The molecule has 1 aromatic heterocycles. The molecule has 3 aromatic rings. The highest BCUT2D eigenvalue weighted by atomic mass is 32.2. The van der Waals surface area contributed by atoms with Crippen LogP contribution in [0.5, 0.6) is 5.75 Å². The van der Waals surface area contributed by atoms with Crippen molar-refractivity contribution in [1.82, 2.24) is 14.5 Å². The standard InChI is InChI=1S/C16H17N3O3S/c1-11(12-4-3-5-14(20)8-12)19(2)23(21,22)15-7-6-13-10-17-18-16(13)9-15/h3-11,20H,1-2H3,(H,17,18). The largest absolute Gasteiger partial charge is 0.508 e. The van der Waals surface area contributed by atoms with Crippen molar-refractivity contribution < 1.29 is 13.5 Å². The van der Waals surface area contributed by atoms with Crippen LogP contribution in [0.4, 0.5) is 0 Å². The van der Waals surface area contributed by atoms with Crippen molar-refractivity contribution in [3.63, 3.8) is 0 Å². The molecule has 120 valence electrons. The lowest BCUT2D eigenvalue weighted by Crippen LogP contribution is -2.29. The summed E-state index contributed by atoms with van der Waals surface area (Å²) in [5.41, 5.74) is 1.39. The number of aromatic nitrogens is 2. The van der Waals surface area contributed by atoms with E-state index < -0.39 is 16.1 Å². The van der Waals surface area contributed by atoms with Gasteiger partial charge in [0.25, 0.3) is 0 Å². The average molecular weight is 331 g/mol. The van der Waals surface area contributed by atoms with Crippen LogP contribution in [0.15, 0.2) is 53.6 Å². The van der Waals surface area contributed by atoms with E-state index in [0.717, 1.165) is 10.9 Å². The molecule has 23 heavy (non-hydrogen) atoms. The first-order valence-electron chi connectivity index (χ1n) is 7.09. The molecular weight excluding hydrogens is 314 g/mol. The summed E-state index contributed by atoms with van der Waals surface area (Å²) in [5.74, 6) is 0.110. The van der Waals surface area contributed by atoms with Crippen LogP contribution < -0.4 is 0 Å². The van der Waals surface area contributed by atoms with E-state index in [1.54, 1.807) is 55.6 Å². The van der Waals surface area contributed by atoms with Crippen molar-refractivity contribution in [3.05, 3.63) is 54.2 Å². The van der Waals surface area contributed by atoms with Crippen molar-refractivity contribution >= 4 is 20.9 Å². The highest BCUT2D eigenvalue weighted by Gasteiger charge is 2.26. The number of sulfonamides is 1. The number of nitrogens with one attached hydrogen (secondary N) is 1. The number of hydrogen-bond acceptors (Lipinski definition) is 4. The smallest absolute Gasteiger partial charge is 0.243 e. The Kier molecular flexibility index (Phi) is 3.83. The first-order chi connectivity index (χ1) is 10.9. The maximum Gasteiger partial charge on any atom is 0.243 e. The van der Waals surface area contributed by atoms with Crippen molar-refractivity contribution in [2.45, 2.75) is 17.9 Å². The normalized spacial score (nSPS) is 13.5. The molecule has 7 heteroatoms. The molecule has 1 atom stereocenters. The van der Waals surface area contributed by atoms with Gasteiger partial charge in [-0.2, -0.15) is 9.40 Å². The number of phenolic OH excluding ortho intramolecular Hbond substituents is 1. The fourth-order valence-corrected chi connectivity index (χ4v) is 3.82. The number of fused-ring (bicyclic) bond motifs is 1. The topological polar surface area (TPSA) is 86.3 Å². The second-order valence-corrected chi connectivity index (χ2v) is 7.41. The molecule has 2 aromatic carbocycles. The fourth-order valence-electron chi connectivity index (χ4n) is 2.45. The van der Waals surface area contributed by atoms with Gasteiger partial charge in [0.05, 0.1) is 16.6 Å². The van der Waals surface area contributed by atoms with Gasteiger partial charge in [0.2, 0.25) is 10.0 Å². The maximum atomic E-state index is 12.8. The van der Waals surface area contributed by atoms with Gasteiger partial charge < -0.3 is 5.11 Å². The van der Waals surface area contributed by atoms with Gasteiger partial charge >= 0.3 is 0 Å². The van der Waals surface area contributed by atoms with Gasteiger partial charge in [-0.05, 0) is 42.8 Å². The Labute approximate surface area is 134 Å². The maximum absolute atomic E-state index is 12.8. The Morgan fingerprint density at radius 3 is 2.74 bits per heavy atom. The zero-order valence-corrected chi connectivity index (χ0v) is 13.6. The monoisotopic (exact) mass is 331 g/mol. The summed E-state index contributed by atoms with van der Waals surface area (Å²) in [6.45, 7) is 1.78. The summed E-state index contributed by atoms with van der Waals surface area (Å²) in [7, 11) is -2.14. The quantitative estimate of drug-likeness (QED) is 0.769. The van der Waals surface area contributed by atoms with Gasteiger partial charge in [-0.1, -0.05) is 12.1 Å². The van der Waals surface area contributed by atoms with Crippen LogP contribution >= 0.6 is 0 Å². The summed E-state index contributed by atoms with van der Waals surface area (Å²) in [6, 6.07) is 11.0. The van der Waals surface area contributed by atoms with E-state index in [1.165, 1.54) is 11.4 Å². The molecule has 0 spiro atoms. The number of nitrogens with zero attached hydrogens (tertiary/aromatic N) is 2. The molecule has 1 heterocycles. The molecule has 0 amide bonds. The van der Waals surface area contributed by atoms with Crippen LogP contribution in [0.3, 0.4) is 0 Å². The minimum Gasteiger partial charge on any atom is -0.508 e. The second kappa shape index (κ2) is 5.68. The molecule has 0 aliphatic carbocycles. The van der Waals surface area contributed by atoms with E-state index in [9.17, 15) is 13.5 Å². The van der Waals surface area contributed by atoms with Crippen molar-refractivity contribution in [3.8, 4) is 5.75 Å². The summed E-state index contributed by atoms with van der Waals surface area (Å²) in [5, 5.41) is 17.1. The van der Waals surface area contributed by atoms with Crippen LogP contribution in [0, 0.1) is 0 Å². The van der Waals surface area contributed by atoms with Crippen LogP contribution in [0.2, 0.25) is 0 Å². The first kappa shape index (κ1) is 15.5. The summed E-state index contributed by atoms with van der Waals surface area (Å²) in [6.07, 6.45) is 1.64. The van der Waals surface area contributed by atoms with Gasteiger partial charge in [-0.15, -0.1) is 0 Å². The van der Waals surface area contributed by atoms with Gasteiger partial charge in [-0.25, -0.2) is 8.42 Å². The molecule has 0 aliphatic heterocycles. The molecule has 1 unspecified atom stereocenters. The van der Waals surface area contributed by atoms with Gasteiger partial charge in [-0.3, -0.25) is 5.10 Å². The van der Waals surface area contributed by atoms with Gasteiger partial charge in [0, 0.05) is 18.5 Å². The molecule has 3 rings (SSSR count). The lowest BCUT2D eigenvalue weighted by Gasteiger charge is -2.24. The predicted molar refractivity (Wildman–Crippen MR) is 87.6 cm³/mol. The molecule has 0 fully saturated rings. The molecule has 0 saturated carbocycles. The van der Waals surface area contributed by atoms with Crippen LogP contribution in [-0.2, 0) is 10.0 Å². The summed E-state index contributed by atoms with van der Waals surface area (Å²) in [4.78, 5) is 0.198. The zero-order chi connectivity index (χ0) is 16.6. The highest BCUT2D eigenvalue weighted by molar-refractivity contribution is 7.89. The first-order valence-corrected chi connectivity index (χ1v) is 8.54. The number of phenols is 1. The minimum absolute atomic E-state index is 0.110. The van der Waals surface area contributed by atoms with Crippen molar-refractivity contribution in [2.24, 2.45) is 0 Å². The molecule has 0 bridgehead atoms. The average Bonchev–Trinajstić information content (AvgIpc) is 3.01. The predicted octanol–water partition coefficient (Wildman–Crippen LogP) is 2.65. The van der Waals surface area contributed by atoms with Crippen molar-refractivity contribution in [1.29, 1.82) is 0 Å². The van der Waals surface area contributed by atoms with E-state index in [4.69, 9.17) is 0 Å². The number of benzene rings is 2. The summed E-state index contributed by atoms with van der Waals surface area (Å²) < 4.78 is 26.9.